The normalized spacial score (nSPS) is 11.7. The van der Waals surface area contributed by atoms with Crippen molar-refractivity contribution in [1.82, 2.24) is 4.98 Å². The van der Waals surface area contributed by atoms with E-state index in [1.54, 1.807) is 0 Å². The van der Waals surface area contributed by atoms with Crippen molar-refractivity contribution in [2.24, 2.45) is 0 Å². The Morgan fingerprint density at radius 3 is 2.47 bits per heavy atom. The zero-order valence-electron chi connectivity index (χ0n) is 9.59. The maximum atomic E-state index is 12.7. The average Bonchev–Trinajstić information content (AvgIpc) is 2.28. The molecule has 2 N–H and O–H groups in total. The second-order valence-electron chi connectivity index (χ2n) is 3.52. The van der Waals surface area contributed by atoms with E-state index < -0.39 is 47.6 Å². The van der Waals surface area contributed by atoms with E-state index in [1.807, 2.05) is 0 Å². The lowest BCUT2D eigenvalue weighted by molar-refractivity contribution is -0.143. The number of nitrogens with two attached hydrogens (primary N) is 1. The van der Waals surface area contributed by atoms with E-state index in [0.717, 1.165) is 7.11 Å². The van der Waals surface area contributed by atoms with E-state index in [2.05, 4.69) is 9.72 Å². The Labute approximate surface area is 104 Å². The van der Waals surface area contributed by atoms with Crippen LogP contribution in [0.5, 0.6) is 0 Å². The number of hydrogen-bond acceptors (Lipinski definition) is 4. The van der Waals surface area contributed by atoms with Crippen LogP contribution in [0, 0.1) is 0 Å². The van der Waals surface area contributed by atoms with Gasteiger partial charge in [-0.05, 0) is 11.6 Å². The van der Waals surface area contributed by atoms with Crippen LogP contribution in [0.25, 0.3) is 0 Å². The third-order valence-electron chi connectivity index (χ3n) is 2.23. The quantitative estimate of drug-likeness (QED) is 0.683. The summed E-state index contributed by atoms with van der Waals surface area (Å²) >= 11 is 0. The minimum Gasteiger partial charge on any atom is -0.469 e. The molecular weight excluding hydrogens is 275 g/mol. The maximum absolute atomic E-state index is 12.7. The van der Waals surface area contributed by atoms with Crippen LogP contribution < -0.4 is 5.73 Å². The van der Waals surface area contributed by atoms with Crippen molar-refractivity contribution in [3.8, 4) is 0 Å². The highest BCUT2D eigenvalue weighted by Crippen LogP contribution is 2.34. The van der Waals surface area contributed by atoms with E-state index in [0.29, 0.717) is 6.07 Å². The van der Waals surface area contributed by atoms with Gasteiger partial charge in [0, 0.05) is 0 Å². The van der Waals surface area contributed by atoms with Gasteiger partial charge in [-0.15, -0.1) is 0 Å². The summed E-state index contributed by atoms with van der Waals surface area (Å²) in [6.07, 6.45) is -8.82. The molecule has 4 nitrogen and oxygen atoms in total. The molecule has 0 aliphatic heterocycles. The number of hydrogen-bond donors (Lipinski definition) is 1. The molecular formula is C10H9F5N2O2. The fraction of sp³-hybridized carbons (Fsp3) is 0.400. The molecule has 9 heteroatoms. The predicted octanol–water partition coefficient (Wildman–Crippen LogP) is 2.34. The van der Waals surface area contributed by atoms with Gasteiger partial charge in [-0.25, -0.2) is 13.8 Å². The first kappa shape index (κ1) is 15.1. The van der Waals surface area contributed by atoms with Crippen LogP contribution in [0.4, 0.5) is 27.8 Å². The molecule has 1 heterocycles. The number of nitrogens with zero attached hydrogens (tertiary/aromatic N) is 1. The van der Waals surface area contributed by atoms with Crippen molar-refractivity contribution in [2.45, 2.75) is 19.0 Å². The van der Waals surface area contributed by atoms with Crippen molar-refractivity contribution >= 4 is 11.8 Å². The Hall–Kier alpha value is -1.93. The van der Waals surface area contributed by atoms with Crippen LogP contribution in [-0.2, 0) is 22.1 Å². The molecule has 106 valence electrons. The topological polar surface area (TPSA) is 65.2 Å². The Bertz CT molecular complexity index is 488. The fourth-order valence-electron chi connectivity index (χ4n) is 1.37. The SMILES string of the molecule is COC(=O)Cc1cc(C(F)F)c(N)nc1C(F)(F)F. The van der Waals surface area contributed by atoms with Crippen molar-refractivity contribution in [2.75, 3.05) is 12.8 Å². The van der Waals surface area contributed by atoms with Crippen molar-refractivity contribution < 1.29 is 31.5 Å². The van der Waals surface area contributed by atoms with Crippen LogP contribution >= 0.6 is 0 Å². The van der Waals surface area contributed by atoms with Crippen LogP contribution in [0.2, 0.25) is 0 Å². The van der Waals surface area contributed by atoms with Crippen LogP contribution in [0.15, 0.2) is 6.07 Å². The predicted molar refractivity (Wildman–Crippen MR) is 54.3 cm³/mol. The first-order valence-corrected chi connectivity index (χ1v) is 4.88. The number of rotatable bonds is 3. The number of pyridine rings is 1. The summed E-state index contributed by atoms with van der Waals surface area (Å²) in [5, 5.41) is 0. The molecule has 1 aromatic heterocycles. The highest BCUT2D eigenvalue weighted by molar-refractivity contribution is 5.73. The largest absolute Gasteiger partial charge is 0.469 e. The van der Waals surface area contributed by atoms with Crippen molar-refractivity contribution in [3.05, 3.63) is 22.9 Å². The lowest BCUT2D eigenvalue weighted by Crippen LogP contribution is -2.18. The summed E-state index contributed by atoms with van der Waals surface area (Å²) in [6.45, 7) is 0. The molecule has 1 rings (SSSR count). The molecule has 0 amide bonds. The van der Waals surface area contributed by atoms with Gasteiger partial charge in [0.15, 0.2) is 5.69 Å². The van der Waals surface area contributed by atoms with E-state index in [4.69, 9.17) is 5.73 Å². The summed E-state index contributed by atoms with van der Waals surface area (Å²) in [7, 11) is 0.967. The second kappa shape index (κ2) is 5.37. The molecule has 0 spiro atoms. The zero-order chi connectivity index (χ0) is 14.8. The standard InChI is InChI=1S/C10H9F5N2O2/c1-19-6(18)3-4-2-5(8(11)12)9(16)17-7(4)10(13,14)15/h2,8H,3H2,1H3,(H2,16,17). The average molecular weight is 284 g/mol. The molecule has 0 aliphatic carbocycles. The van der Waals surface area contributed by atoms with Gasteiger partial charge in [-0.1, -0.05) is 0 Å². The summed E-state index contributed by atoms with van der Waals surface area (Å²) in [6, 6.07) is 0.521. The van der Waals surface area contributed by atoms with E-state index in [-0.39, 0.29) is 0 Å². The lowest BCUT2D eigenvalue weighted by Gasteiger charge is -2.14. The second-order valence-corrected chi connectivity index (χ2v) is 3.52. The number of ether oxygens (including phenoxy) is 1. The molecule has 0 saturated heterocycles. The first-order valence-electron chi connectivity index (χ1n) is 4.88. The van der Waals surface area contributed by atoms with Gasteiger partial charge in [0.2, 0.25) is 0 Å². The van der Waals surface area contributed by atoms with Crippen LogP contribution in [0.3, 0.4) is 0 Å². The van der Waals surface area contributed by atoms with Gasteiger partial charge in [0.1, 0.15) is 5.82 Å². The Balaban J connectivity index is 3.37. The maximum Gasteiger partial charge on any atom is 0.433 e. The van der Waals surface area contributed by atoms with Crippen molar-refractivity contribution in [1.29, 1.82) is 0 Å². The van der Waals surface area contributed by atoms with E-state index >= 15 is 0 Å². The number of carbonyl (C=O) groups is 1. The number of nitrogen functional groups attached to an aromatic ring is 1. The minimum absolute atomic E-state index is 0.521. The number of halogens is 5. The van der Waals surface area contributed by atoms with Gasteiger partial charge in [-0.3, -0.25) is 4.79 Å². The monoisotopic (exact) mass is 284 g/mol. The Morgan fingerprint density at radius 1 is 1.47 bits per heavy atom. The van der Waals surface area contributed by atoms with Crippen LogP contribution in [0.1, 0.15) is 23.2 Å². The molecule has 0 bridgehead atoms. The molecule has 0 unspecified atom stereocenters. The Kier molecular flexibility index (Phi) is 4.28. The molecule has 0 aromatic carbocycles. The Morgan fingerprint density at radius 2 is 2.05 bits per heavy atom. The smallest absolute Gasteiger partial charge is 0.433 e. The summed E-state index contributed by atoms with van der Waals surface area (Å²) < 4.78 is 67.2. The number of aromatic nitrogens is 1. The highest BCUT2D eigenvalue weighted by atomic mass is 19.4. The number of esters is 1. The number of carbonyl (C=O) groups excluding carboxylic acids is 1. The van der Waals surface area contributed by atoms with E-state index in [1.165, 1.54) is 0 Å². The minimum atomic E-state index is -4.90. The molecule has 19 heavy (non-hydrogen) atoms. The number of methoxy groups -OCH3 is 1. The third kappa shape index (κ3) is 3.52. The molecule has 0 atom stereocenters. The highest BCUT2D eigenvalue weighted by Gasteiger charge is 2.37. The fourth-order valence-corrected chi connectivity index (χ4v) is 1.37. The van der Waals surface area contributed by atoms with Gasteiger partial charge in [-0.2, -0.15) is 13.2 Å². The number of alkyl halides is 5. The zero-order valence-corrected chi connectivity index (χ0v) is 9.59. The summed E-state index contributed by atoms with van der Waals surface area (Å²) in [4.78, 5) is 13.9. The van der Waals surface area contributed by atoms with E-state index in [9.17, 15) is 26.7 Å². The molecule has 0 aliphatic rings. The van der Waals surface area contributed by atoms with Crippen molar-refractivity contribution in [3.63, 3.8) is 0 Å². The molecule has 1 aromatic rings. The molecule has 0 saturated carbocycles. The molecule has 0 fully saturated rings. The first-order chi connectivity index (χ1) is 8.66. The van der Waals surface area contributed by atoms with Gasteiger partial charge < -0.3 is 10.5 Å². The third-order valence-corrected chi connectivity index (χ3v) is 2.23. The molecule has 0 radical (unpaired) electrons. The summed E-state index contributed by atoms with van der Waals surface area (Å²) in [5.74, 6) is -1.92. The summed E-state index contributed by atoms with van der Waals surface area (Å²) in [5.41, 5.74) is 2.01. The van der Waals surface area contributed by atoms with Gasteiger partial charge in [0.25, 0.3) is 6.43 Å². The lowest BCUT2D eigenvalue weighted by atomic mass is 10.1. The van der Waals surface area contributed by atoms with Gasteiger partial charge in [0.05, 0.1) is 19.1 Å². The van der Waals surface area contributed by atoms with Crippen LogP contribution in [-0.4, -0.2) is 18.1 Å². The van der Waals surface area contributed by atoms with Gasteiger partial charge >= 0.3 is 12.1 Å². The number of anilines is 1.